The highest BCUT2D eigenvalue weighted by Gasteiger charge is 2.18. The fourth-order valence-electron chi connectivity index (χ4n) is 2.66. The van der Waals surface area contributed by atoms with Crippen LogP contribution in [-0.2, 0) is 6.54 Å². The largest absolute Gasteiger partial charge is 0.497 e. The number of furan rings is 1. The molecule has 0 aliphatic rings. The third kappa shape index (κ3) is 3.14. The Kier molecular flexibility index (Phi) is 4.57. The van der Waals surface area contributed by atoms with Gasteiger partial charge in [0.2, 0.25) is 11.8 Å². The van der Waals surface area contributed by atoms with Crippen LogP contribution < -0.4 is 10.1 Å². The van der Waals surface area contributed by atoms with Gasteiger partial charge in [-0.05, 0) is 32.0 Å². The van der Waals surface area contributed by atoms with E-state index in [1.165, 1.54) is 0 Å². The van der Waals surface area contributed by atoms with Crippen molar-refractivity contribution < 1.29 is 13.6 Å². The Labute approximate surface area is 141 Å². The third-order valence-electron chi connectivity index (χ3n) is 4.11. The quantitative estimate of drug-likeness (QED) is 0.734. The number of rotatable bonds is 6. The number of nitrogens with zero attached hydrogens (tertiary/aromatic N) is 2. The Morgan fingerprint density at radius 1 is 1.17 bits per heavy atom. The van der Waals surface area contributed by atoms with Crippen LogP contribution in [0.2, 0.25) is 0 Å². The van der Waals surface area contributed by atoms with Crippen LogP contribution in [0.25, 0.3) is 11.0 Å². The highest BCUT2D eigenvalue weighted by atomic mass is 16.5. The van der Waals surface area contributed by atoms with Crippen LogP contribution in [0.1, 0.15) is 55.8 Å². The molecule has 6 heteroatoms. The minimum Gasteiger partial charge on any atom is -0.497 e. The van der Waals surface area contributed by atoms with E-state index in [2.05, 4.69) is 29.4 Å². The van der Waals surface area contributed by atoms with E-state index in [9.17, 15) is 0 Å². The minimum absolute atomic E-state index is 0.0257. The van der Waals surface area contributed by atoms with Gasteiger partial charge in [-0.15, -0.1) is 10.2 Å². The molecule has 0 spiro atoms. The number of hydrogen-bond acceptors (Lipinski definition) is 6. The number of nitrogens with one attached hydrogen (secondary N) is 1. The van der Waals surface area contributed by atoms with Crippen LogP contribution in [0.3, 0.4) is 0 Å². The number of aromatic nitrogens is 2. The Balaban J connectivity index is 1.75. The lowest BCUT2D eigenvalue weighted by Gasteiger charge is -2.10. The number of fused-ring (bicyclic) bond motifs is 1. The summed E-state index contributed by atoms with van der Waals surface area (Å²) in [5, 5.41) is 12.6. The second-order valence-corrected chi connectivity index (χ2v) is 6.24. The molecule has 0 amide bonds. The van der Waals surface area contributed by atoms with E-state index < -0.39 is 0 Å². The molecule has 2 aromatic heterocycles. The van der Waals surface area contributed by atoms with E-state index in [-0.39, 0.29) is 12.0 Å². The fraction of sp³-hybridized carbons (Fsp3) is 0.444. The Morgan fingerprint density at radius 2 is 1.96 bits per heavy atom. The monoisotopic (exact) mass is 329 g/mol. The van der Waals surface area contributed by atoms with Gasteiger partial charge >= 0.3 is 0 Å². The maximum atomic E-state index is 6.01. The molecule has 0 aliphatic carbocycles. The van der Waals surface area contributed by atoms with E-state index in [1.54, 1.807) is 7.11 Å². The van der Waals surface area contributed by atoms with Crippen molar-refractivity contribution in [2.24, 2.45) is 0 Å². The molecule has 0 saturated heterocycles. The summed E-state index contributed by atoms with van der Waals surface area (Å²) in [5.74, 6) is 3.20. The maximum absolute atomic E-state index is 6.01. The van der Waals surface area contributed by atoms with Crippen LogP contribution in [0.4, 0.5) is 0 Å². The molecule has 24 heavy (non-hydrogen) atoms. The summed E-state index contributed by atoms with van der Waals surface area (Å²) in [6, 6.07) is 5.86. The molecular formula is C18H23N3O3. The lowest BCUT2D eigenvalue weighted by atomic mass is 10.1. The molecule has 0 bridgehead atoms. The van der Waals surface area contributed by atoms with Crippen molar-refractivity contribution in [2.75, 3.05) is 7.11 Å². The highest BCUT2D eigenvalue weighted by Crippen LogP contribution is 2.32. The Morgan fingerprint density at radius 3 is 2.62 bits per heavy atom. The highest BCUT2D eigenvalue weighted by molar-refractivity contribution is 5.83. The normalized spacial score (nSPS) is 12.9. The van der Waals surface area contributed by atoms with E-state index in [4.69, 9.17) is 13.6 Å². The molecule has 2 heterocycles. The van der Waals surface area contributed by atoms with E-state index in [0.29, 0.717) is 18.3 Å². The zero-order chi connectivity index (χ0) is 17.3. The lowest BCUT2D eigenvalue weighted by Crippen LogP contribution is -2.18. The van der Waals surface area contributed by atoms with Gasteiger partial charge in [0.25, 0.3) is 0 Å². The first-order valence-corrected chi connectivity index (χ1v) is 8.12. The average Bonchev–Trinajstić information content (AvgIpc) is 3.17. The molecule has 0 fully saturated rings. The smallest absolute Gasteiger partial charge is 0.230 e. The van der Waals surface area contributed by atoms with Crippen molar-refractivity contribution in [1.82, 2.24) is 15.5 Å². The molecule has 0 aliphatic heterocycles. The fourth-order valence-corrected chi connectivity index (χ4v) is 2.66. The summed E-state index contributed by atoms with van der Waals surface area (Å²) in [6.45, 7) is 8.67. The van der Waals surface area contributed by atoms with Gasteiger partial charge in [-0.2, -0.15) is 0 Å². The van der Waals surface area contributed by atoms with Crippen molar-refractivity contribution in [3.05, 3.63) is 41.3 Å². The lowest BCUT2D eigenvalue weighted by molar-refractivity contribution is 0.388. The summed E-state index contributed by atoms with van der Waals surface area (Å²) < 4.78 is 16.9. The Hall–Kier alpha value is -2.34. The molecule has 1 atom stereocenters. The molecule has 3 aromatic rings. The summed E-state index contributed by atoms with van der Waals surface area (Å²) in [6.07, 6.45) is 0. The molecule has 0 unspecified atom stereocenters. The second kappa shape index (κ2) is 6.65. The van der Waals surface area contributed by atoms with Gasteiger partial charge in [-0.3, -0.25) is 5.32 Å². The Bertz CT molecular complexity index is 835. The van der Waals surface area contributed by atoms with E-state index >= 15 is 0 Å². The predicted molar refractivity (Wildman–Crippen MR) is 91.1 cm³/mol. The molecule has 1 aromatic carbocycles. The molecule has 6 nitrogen and oxygen atoms in total. The summed E-state index contributed by atoms with van der Waals surface area (Å²) in [4.78, 5) is 0. The van der Waals surface area contributed by atoms with Crippen LogP contribution in [0.15, 0.2) is 27.0 Å². The molecule has 0 radical (unpaired) electrons. The number of ether oxygens (including phenoxy) is 1. The van der Waals surface area contributed by atoms with Crippen molar-refractivity contribution in [3.63, 3.8) is 0 Å². The predicted octanol–water partition coefficient (Wildman–Crippen LogP) is 4.11. The SMILES string of the molecule is COc1ccc2oc([C@@H](C)NCc3nnc(C(C)C)o3)c(C)c2c1. The van der Waals surface area contributed by atoms with E-state index in [0.717, 1.165) is 28.0 Å². The van der Waals surface area contributed by atoms with Gasteiger partial charge in [-0.1, -0.05) is 13.8 Å². The van der Waals surface area contributed by atoms with Crippen molar-refractivity contribution in [3.8, 4) is 5.75 Å². The van der Waals surface area contributed by atoms with Crippen LogP contribution >= 0.6 is 0 Å². The number of aryl methyl sites for hydroxylation is 1. The van der Waals surface area contributed by atoms with Gasteiger partial charge in [0.1, 0.15) is 17.1 Å². The van der Waals surface area contributed by atoms with Crippen LogP contribution in [-0.4, -0.2) is 17.3 Å². The maximum Gasteiger partial charge on any atom is 0.230 e. The van der Waals surface area contributed by atoms with Crippen molar-refractivity contribution in [1.29, 1.82) is 0 Å². The van der Waals surface area contributed by atoms with Gasteiger partial charge in [-0.25, -0.2) is 0 Å². The number of methoxy groups -OCH3 is 1. The average molecular weight is 329 g/mol. The second-order valence-electron chi connectivity index (χ2n) is 6.24. The zero-order valence-electron chi connectivity index (χ0n) is 14.7. The minimum atomic E-state index is 0.0257. The number of hydrogen-bond donors (Lipinski definition) is 1. The first-order chi connectivity index (χ1) is 11.5. The van der Waals surface area contributed by atoms with Gasteiger partial charge < -0.3 is 13.6 Å². The zero-order valence-corrected chi connectivity index (χ0v) is 14.7. The summed E-state index contributed by atoms with van der Waals surface area (Å²) in [7, 11) is 1.66. The molecule has 1 N–H and O–H groups in total. The molecule has 0 saturated carbocycles. The molecule has 3 rings (SSSR count). The summed E-state index contributed by atoms with van der Waals surface area (Å²) >= 11 is 0. The summed E-state index contributed by atoms with van der Waals surface area (Å²) in [5.41, 5.74) is 1.97. The topological polar surface area (TPSA) is 73.3 Å². The van der Waals surface area contributed by atoms with Crippen molar-refractivity contribution in [2.45, 2.75) is 46.2 Å². The molecular weight excluding hydrogens is 306 g/mol. The number of benzene rings is 1. The first-order valence-electron chi connectivity index (χ1n) is 8.12. The molecule has 128 valence electrons. The third-order valence-corrected chi connectivity index (χ3v) is 4.11. The van der Waals surface area contributed by atoms with Gasteiger partial charge in [0, 0.05) is 16.9 Å². The van der Waals surface area contributed by atoms with Crippen LogP contribution in [0.5, 0.6) is 5.75 Å². The first kappa shape index (κ1) is 16.5. The van der Waals surface area contributed by atoms with Gasteiger partial charge in [0.15, 0.2) is 0 Å². The standard InChI is InChI=1S/C18H23N3O3/c1-10(2)18-21-20-16(24-18)9-19-12(4)17-11(3)14-8-13(22-5)6-7-15(14)23-17/h6-8,10,12,19H,9H2,1-5H3/t12-/m1/s1. The van der Waals surface area contributed by atoms with Crippen LogP contribution in [0, 0.1) is 6.92 Å². The van der Waals surface area contributed by atoms with Crippen molar-refractivity contribution >= 4 is 11.0 Å². The van der Waals surface area contributed by atoms with E-state index in [1.807, 2.05) is 32.0 Å². The van der Waals surface area contributed by atoms with Gasteiger partial charge in [0.05, 0.1) is 19.7 Å².